The molecule has 0 unspecified atom stereocenters. The van der Waals surface area contributed by atoms with Crippen LogP contribution in [0.3, 0.4) is 0 Å². The number of hydrogen-bond acceptors (Lipinski definition) is 4. The number of carbonyl (C=O) groups excluding carboxylic acids is 2. The number of alkyl halides is 3. The number of likely N-dealkylation sites (N-methyl/N-ethyl adjacent to an activating group) is 1. The van der Waals surface area contributed by atoms with Crippen LogP contribution < -0.4 is 5.32 Å². The van der Waals surface area contributed by atoms with Gasteiger partial charge in [-0.15, -0.1) is 0 Å². The highest BCUT2D eigenvalue weighted by Gasteiger charge is 2.33. The molecule has 0 atom stereocenters. The lowest BCUT2D eigenvalue weighted by molar-refractivity contribution is -0.137. The predicted octanol–water partition coefficient (Wildman–Crippen LogP) is 4.14. The molecule has 0 aliphatic rings. The minimum atomic E-state index is -4.65. The third-order valence-corrected chi connectivity index (χ3v) is 4.46. The van der Waals surface area contributed by atoms with Gasteiger partial charge in [0.1, 0.15) is 5.69 Å². The highest BCUT2D eigenvalue weighted by molar-refractivity contribution is 6.31. The standard InChI is InChI=1S/C19H15ClF3N3O3/c1-26(18(28)9-15-12-4-2-3-5-16(12)29-25-15)10-17(27)24-11-6-7-14(20)13(8-11)19(21,22)23/h2-8H,9-10H2,1H3,(H,24,27). The molecule has 0 aliphatic carbocycles. The summed E-state index contributed by atoms with van der Waals surface area (Å²) in [6.07, 6.45) is -4.73. The molecule has 0 spiro atoms. The molecule has 0 saturated carbocycles. The number of para-hydroxylation sites is 1. The van der Waals surface area contributed by atoms with E-state index in [0.717, 1.165) is 17.0 Å². The topological polar surface area (TPSA) is 75.4 Å². The molecule has 2 aromatic carbocycles. The van der Waals surface area contributed by atoms with Gasteiger partial charge in [-0.25, -0.2) is 0 Å². The van der Waals surface area contributed by atoms with Gasteiger partial charge in [-0.05, 0) is 30.3 Å². The second-order valence-corrected chi connectivity index (χ2v) is 6.70. The van der Waals surface area contributed by atoms with Crippen molar-refractivity contribution in [3.05, 3.63) is 58.7 Å². The Morgan fingerprint density at radius 1 is 1.21 bits per heavy atom. The van der Waals surface area contributed by atoms with E-state index in [1.54, 1.807) is 24.3 Å². The number of amides is 2. The first-order valence-electron chi connectivity index (χ1n) is 8.39. The molecule has 1 aromatic heterocycles. The van der Waals surface area contributed by atoms with E-state index in [1.807, 2.05) is 0 Å². The van der Waals surface area contributed by atoms with Gasteiger partial charge in [0.15, 0.2) is 5.58 Å². The highest BCUT2D eigenvalue weighted by atomic mass is 35.5. The molecule has 0 aliphatic heterocycles. The van der Waals surface area contributed by atoms with Gasteiger partial charge in [0.05, 0.1) is 23.6 Å². The van der Waals surface area contributed by atoms with E-state index < -0.39 is 28.6 Å². The largest absolute Gasteiger partial charge is 0.417 e. The molecule has 0 saturated heterocycles. The summed E-state index contributed by atoms with van der Waals surface area (Å²) in [5, 5.41) is 6.42. The fourth-order valence-corrected chi connectivity index (χ4v) is 2.89. The fraction of sp³-hybridized carbons (Fsp3) is 0.211. The Bertz CT molecular complexity index is 1070. The van der Waals surface area contributed by atoms with Crippen LogP contribution in [-0.2, 0) is 22.2 Å². The molecule has 3 aromatic rings. The first kappa shape index (κ1) is 20.7. The second-order valence-electron chi connectivity index (χ2n) is 6.29. The molecular weight excluding hydrogens is 411 g/mol. The number of rotatable bonds is 5. The van der Waals surface area contributed by atoms with Crippen LogP contribution in [0.4, 0.5) is 18.9 Å². The Labute approximate surface area is 168 Å². The van der Waals surface area contributed by atoms with E-state index in [2.05, 4.69) is 10.5 Å². The monoisotopic (exact) mass is 425 g/mol. The summed E-state index contributed by atoms with van der Waals surface area (Å²) in [5.41, 5.74) is -0.154. The number of fused-ring (bicyclic) bond motifs is 1. The second kappa shape index (κ2) is 8.12. The zero-order valence-electron chi connectivity index (χ0n) is 15.1. The normalized spacial score (nSPS) is 11.5. The summed E-state index contributed by atoms with van der Waals surface area (Å²) in [6, 6.07) is 10.1. The lowest BCUT2D eigenvalue weighted by atomic mass is 10.1. The smallest absolute Gasteiger partial charge is 0.356 e. The van der Waals surface area contributed by atoms with E-state index in [9.17, 15) is 22.8 Å². The van der Waals surface area contributed by atoms with Crippen molar-refractivity contribution in [1.82, 2.24) is 10.1 Å². The SMILES string of the molecule is CN(CC(=O)Nc1ccc(Cl)c(C(F)(F)F)c1)C(=O)Cc1noc2ccccc12. The summed E-state index contributed by atoms with van der Waals surface area (Å²) in [6.45, 7) is -0.349. The van der Waals surface area contributed by atoms with Crippen molar-refractivity contribution in [2.24, 2.45) is 0 Å². The molecular formula is C19H15ClF3N3O3. The number of anilines is 1. The Kier molecular flexibility index (Phi) is 5.78. The predicted molar refractivity (Wildman–Crippen MR) is 100 cm³/mol. The Morgan fingerprint density at radius 3 is 2.66 bits per heavy atom. The van der Waals surface area contributed by atoms with Gasteiger partial charge < -0.3 is 14.7 Å². The lowest BCUT2D eigenvalue weighted by Gasteiger charge is -2.17. The molecule has 29 heavy (non-hydrogen) atoms. The van der Waals surface area contributed by atoms with Crippen molar-refractivity contribution in [1.29, 1.82) is 0 Å². The maximum atomic E-state index is 12.9. The zero-order chi connectivity index (χ0) is 21.2. The maximum Gasteiger partial charge on any atom is 0.417 e. The van der Waals surface area contributed by atoms with Crippen LogP contribution in [-0.4, -0.2) is 35.5 Å². The highest BCUT2D eigenvalue weighted by Crippen LogP contribution is 2.36. The van der Waals surface area contributed by atoms with E-state index in [1.165, 1.54) is 13.1 Å². The van der Waals surface area contributed by atoms with Crippen molar-refractivity contribution in [2.45, 2.75) is 12.6 Å². The third kappa shape index (κ3) is 4.86. The maximum absolute atomic E-state index is 12.9. The summed E-state index contributed by atoms with van der Waals surface area (Å²) in [5.74, 6) is -1.05. The molecule has 6 nitrogen and oxygen atoms in total. The van der Waals surface area contributed by atoms with Crippen molar-refractivity contribution < 1.29 is 27.3 Å². The van der Waals surface area contributed by atoms with Gasteiger partial charge in [0.2, 0.25) is 11.8 Å². The molecule has 152 valence electrons. The number of hydrogen-bond donors (Lipinski definition) is 1. The van der Waals surface area contributed by atoms with E-state index in [4.69, 9.17) is 16.1 Å². The summed E-state index contributed by atoms with van der Waals surface area (Å²) < 4.78 is 43.9. The van der Waals surface area contributed by atoms with Crippen LogP contribution in [0.1, 0.15) is 11.3 Å². The van der Waals surface area contributed by atoms with Gasteiger partial charge in [-0.1, -0.05) is 28.9 Å². The lowest BCUT2D eigenvalue weighted by Crippen LogP contribution is -2.35. The van der Waals surface area contributed by atoms with Crippen LogP contribution in [0.25, 0.3) is 11.0 Å². The number of halogens is 4. The van der Waals surface area contributed by atoms with E-state index >= 15 is 0 Å². The average molecular weight is 426 g/mol. The number of aromatic nitrogens is 1. The number of nitrogens with one attached hydrogen (secondary N) is 1. The van der Waals surface area contributed by atoms with Crippen molar-refractivity contribution in [3.63, 3.8) is 0 Å². The molecule has 10 heteroatoms. The number of carbonyl (C=O) groups is 2. The van der Waals surface area contributed by atoms with E-state index in [0.29, 0.717) is 16.7 Å². The van der Waals surface area contributed by atoms with Crippen molar-refractivity contribution in [2.75, 3.05) is 18.9 Å². The van der Waals surface area contributed by atoms with Crippen LogP contribution in [0, 0.1) is 0 Å². The molecule has 1 N–H and O–H groups in total. The Hall–Kier alpha value is -3.07. The third-order valence-electron chi connectivity index (χ3n) is 4.13. The van der Waals surface area contributed by atoms with Crippen LogP contribution >= 0.6 is 11.6 Å². The minimum Gasteiger partial charge on any atom is -0.356 e. The first-order valence-corrected chi connectivity index (χ1v) is 8.77. The van der Waals surface area contributed by atoms with Crippen molar-refractivity contribution >= 4 is 40.1 Å². The van der Waals surface area contributed by atoms with Crippen LogP contribution in [0.15, 0.2) is 47.0 Å². The number of benzene rings is 2. The molecule has 0 fully saturated rings. The van der Waals surface area contributed by atoms with Gasteiger partial charge in [0.25, 0.3) is 0 Å². The van der Waals surface area contributed by atoms with Crippen molar-refractivity contribution in [3.8, 4) is 0 Å². The molecule has 3 rings (SSSR count). The Balaban J connectivity index is 1.62. The molecule has 0 radical (unpaired) electrons. The van der Waals surface area contributed by atoms with E-state index in [-0.39, 0.29) is 18.7 Å². The first-order chi connectivity index (χ1) is 13.6. The fourth-order valence-electron chi connectivity index (χ4n) is 2.67. The molecule has 0 bridgehead atoms. The summed E-state index contributed by atoms with van der Waals surface area (Å²) in [7, 11) is 1.41. The minimum absolute atomic E-state index is 0.0740. The van der Waals surface area contributed by atoms with Gasteiger partial charge in [-0.3, -0.25) is 9.59 Å². The number of nitrogens with zero attached hydrogens (tertiary/aromatic N) is 2. The average Bonchev–Trinajstić information content (AvgIpc) is 3.05. The van der Waals surface area contributed by atoms with Crippen LogP contribution in [0.5, 0.6) is 0 Å². The molecule has 2 amide bonds. The summed E-state index contributed by atoms with van der Waals surface area (Å²) >= 11 is 5.55. The van der Waals surface area contributed by atoms with Crippen LogP contribution in [0.2, 0.25) is 5.02 Å². The quantitative estimate of drug-likeness (QED) is 0.666. The van der Waals surface area contributed by atoms with Gasteiger partial charge >= 0.3 is 6.18 Å². The Morgan fingerprint density at radius 2 is 1.93 bits per heavy atom. The zero-order valence-corrected chi connectivity index (χ0v) is 15.8. The van der Waals surface area contributed by atoms with Gasteiger partial charge in [0, 0.05) is 18.1 Å². The molecule has 1 heterocycles. The van der Waals surface area contributed by atoms with Gasteiger partial charge in [-0.2, -0.15) is 13.2 Å². The summed E-state index contributed by atoms with van der Waals surface area (Å²) in [4.78, 5) is 25.7.